The Bertz CT molecular complexity index is 954. The number of nitrogens with zero attached hydrogens (tertiary/aromatic N) is 2. The first-order chi connectivity index (χ1) is 17.3. The number of oxime groups is 1. The lowest BCUT2D eigenvalue weighted by Gasteiger charge is -2.24. The standard InChI is InChI=1S/C23H36N4O8S/c1-4-6-18(25-22(29)23(24)15-36-21(26-23)16(3)27-30)19-13-17(14-20(28)35-19)34-12-11-33-10-9-32-8-7-31-5-2/h13-14,18,30H,4-12,15,24H2,1-3H3,(H,25,29)/b27-16+/t18-,23+/m1/s1. The van der Waals surface area contributed by atoms with Gasteiger partial charge in [0.2, 0.25) is 0 Å². The third-order valence-electron chi connectivity index (χ3n) is 5.02. The van der Waals surface area contributed by atoms with Gasteiger partial charge in [-0.15, -0.1) is 11.8 Å². The highest BCUT2D eigenvalue weighted by molar-refractivity contribution is 8.16. The number of carbonyl (C=O) groups is 1. The highest BCUT2D eigenvalue weighted by Crippen LogP contribution is 2.27. The molecule has 0 radical (unpaired) electrons. The van der Waals surface area contributed by atoms with Crippen molar-refractivity contribution in [2.45, 2.75) is 45.3 Å². The highest BCUT2D eigenvalue weighted by Gasteiger charge is 2.41. The van der Waals surface area contributed by atoms with Crippen molar-refractivity contribution in [3.63, 3.8) is 0 Å². The van der Waals surface area contributed by atoms with E-state index in [2.05, 4.69) is 15.5 Å². The molecule has 0 saturated heterocycles. The lowest BCUT2D eigenvalue weighted by Crippen LogP contribution is -2.54. The van der Waals surface area contributed by atoms with Crippen molar-refractivity contribution in [2.24, 2.45) is 15.9 Å². The summed E-state index contributed by atoms with van der Waals surface area (Å²) >= 11 is 1.23. The second-order valence-electron chi connectivity index (χ2n) is 7.91. The largest absolute Gasteiger partial charge is 0.491 e. The van der Waals surface area contributed by atoms with Crippen LogP contribution in [0, 0.1) is 0 Å². The van der Waals surface area contributed by atoms with Gasteiger partial charge in [0.05, 0.1) is 45.1 Å². The molecule has 2 atom stereocenters. The van der Waals surface area contributed by atoms with Crippen LogP contribution in [0.15, 0.2) is 31.5 Å². The lowest BCUT2D eigenvalue weighted by atomic mass is 10.1. The van der Waals surface area contributed by atoms with Gasteiger partial charge in [-0.3, -0.25) is 10.5 Å². The van der Waals surface area contributed by atoms with Gasteiger partial charge in [-0.25, -0.2) is 9.79 Å². The summed E-state index contributed by atoms with van der Waals surface area (Å²) in [6.07, 6.45) is 1.21. The van der Waals surface area contributed by atoms with Crippen molar-refractivity contribution in [2.75, 3.05) is 52.0 Å². The minimum absolute atomic E-state index is 0.185. The van der Waals surface area contributed by atoms with Crippen molar-refractivity contribution in [3.8, 4) is 5.75 Å². The number of nitrogens with two attached hydrogens (primary N) is 1. The zero-order valence-corrected chi connectivity index (χ0v) is 21.8. The molecule has 2 rings (SSSR count). The van der Waals surface area contributed by atoms with Crippen LogP contribution in [-0.4, -0.2) is 79.5 Å². The van der Waals surface area contributed by atoms with Crippen molar-refractivity contribution >= 4 is 28.4 Å². The van der Waals surface area contributed by atoms with Gasteiger partial charge < -0.3 is 33.9 Å². The SMILES string of the molecule is CCC[C@@H](NC(=O)[C@]1(N)CSC(/C(C)=N/O)=N1)c1cc(OCCOCCOCCOCC)cc(=O)o1. The van der Waals surface area contributed by atoms with E-state index in [1.54, 1.807) is 13.0 Å². The number of nitrogens with one attached hydrogen (secondary N) is 1. The second-order valence-corrected chi connectivity index (χ2v) is 8.88. The normalized spacial score (nSPS) is 18.7. The Morgan fingerprint density at radius 2 is 1.89 bits per heavy atom. The van der Waals surface area contributed by atoms with Crippen molar-refractivity contribution in [1.82, 2.24) is 5.32 Å². The Labute approximate surface area is 214 Å². The fourth-order valence-electron chi connectivity index (χ4n) is 3.16. The van der Waals surface area contributed by atoms with Gasteiger partial charge in [0, 0.05) is 18.4 Å². The minimum atomic E-state index is -1.53. The molecule has 1 aliphatic rings. The number of carbonyl (C=O) groups excluding carboxylic acids is 1. The molecular weight excluding hydrogens is 492 g/mol. The van der Waals surface area contributed by atoms with Crippen LogP contribution < -0.4 is 21.4 Å². The second kappa shape index (κ2) is 15.6. The molecule has 1 aliphatic heterocycles. The molecule has 0 bridgehead atoms. The predicted molar refractivity (Wildman–Crippen MR) is 136 cm³/mol. The molecule has 1 aromatic rings. The van der Waals surface area contributed by atoms with Crippen molar-refractivity contribution in [1.29, 1.82) is 0 Å². The summed E-state index contributed by atoms with van der Waals surface area (Å²) < 4.78 is 27.0. The number of thioether (sulfide) groups is 1. The van der Waals surface area contributed by atoms with Gasteiger partial charge in [0.1, 0.15) is 28.9 Å². The summed E-state index contributed by atoms with van der Waals surface area (Å²) in [5.41, 5.74) is 4.35. The third kappa shape index (κ3) is 9.54. The number of hydrogen-bond donors (Lipinski definition) is 3. The third-order valence-corrected chi connectivity index (χ3v) is 6.26. The summed E-state index contributed by atoms with van der Waals surface area (Å²) in [6, 6.07) is 2.19. The average molecular weight is 529 g/mol. The first-order valence-electron chi connectivity index (χ1n) is 11.9. The van der Waals surface area contributed by atoms with Crippen LogP contribution in [0.1, 0.15) is 45.4 Å². The zero-order chi connectivity index (χ0) is 26.4. The van der Waals surface area contributed by atoms with Gasteiger partial charge in [0.25, 0.3) is 5.91 Å². The van der Waals surface area contributed by atoms with E-state index >= 15 is 0 Å². The quantitative estimate of drug-likeness (QED) is 0.117. The van der Waals surface area contributed by atoms with E-state index < -0.39 is 23.2 Å². The maximum atomic E-state index is 13.0. The fraction of sp³-hybridized carbons (Fsp3) is 0.652. The van der Waals surface area contributed by atoms with Crippen LogP contribution >= 0.6 is 11.8 Å². The molecule has 0 unspecified atom stereocenters. The van der Waals surface area contributed by atoms with Gasteiger partial charge in [-0.05, 0) is 20.3 Å². The smallest absolute Gasteiger partial charge is 0.339 e. The molecule has 1 aromatic heterocycles. The molecule has 4 N–H and O–H groups in total. The fourth-order valence-corrected chi connectivity index (χ4v) is 4.19. The van der Waals surface area contributed by atoms with Crippen LogP contribution in [0.4, 0.5) is 0 Å². The summed E-state index contributed by atoms with van der Waals surface area (Å²) in [4.78, 5) is 29.4. The first-order valence-corrected chi connectivity index (χ1v) is 12.8. The number of aliphatic imine (C=N–C) groups is 1. The van der Waals surface area contributed by atoms with Crippen LogP contribution in [0.25, 0.3) is 0 Å². The van der Waals surface area contributed by atoms with Gasteiger partial charge in [-0.1, -0.05) is 18.5 Å². The maximum absolute atomic E-state index is 13.0. The van der Waals surface area contributed by atoms with Gasteiger partial charge in [-0.2, -0.15) is 0 Å². The molecule has 2 heterocycles. The molecule has 202 valence electrons. The molecule has 0 saturated carbocycles. The van der Waals surface area contributed by atoms with E-state index in [-0.39, 0.29) is 23.8 Å². The molecule has 0 spiro atoms. The summed E-state index contributed by atoms with van der Waals surface area (Å²) in [5, 5.41) is 15.3. The Kier molecular flexibility index (Phi) is 12.9. The maximum Gasteiger partial charge on any atom is 0.339 e. The summed E-state index contributed by atoms with van der Waals surface area (Å²) in [7, 11) is 0. The molecule has 0 aliphatic carbocycles. The molecule has 1 amide bonds. The van der Waals surface area contributed by atoms with Crippen LogP contribution in [0.5, 0.6) is 5.75 Å². The molecular formula is C23H36N4O8S. The van der Waals surface area contributed by atoms with Gasteiger partial charge in [0.15, 0.2) is 5.66 Å². The number of ether oxygens (including phenoxy) is 4. The molecule has 13 heteroatoms. The Hall–Kier alpha value is -2.45. The number of amides is 1. The zero-order valence-electron chi connectivity index (χ0n) is 21.0. The van der Waals surface area contributed by atoms with Crippen LogP contribution in [0.3, 0.4) is 0 Å². The average Bonchev–Trinajstić information content (AvgIpc) is 3.27. The van der Waals surface area contributed by atoms with E-state index in [1.807, 2.05) is 13.8 Å². The molecule has 12 nitrogen and oxygen atoms in total. The van der Waals surface area contributed by atoms with Crippen molar-refractivity contribution < 1.29 is 33.4 Å². The topological polar surface area (TPSA) is 167 Å². The van der Waals surface area contributed by atoms with E-state index in [4.69, 9.17) is 34.3 Å². The Balaban J connectivity index is 1.92. The lowest BCUT2D eigenvalue weighted by molar-refractivity contribution is -0.126. The van der Waals surface area contributed by atoms with Crippen LogP contribution in [-0.2, 0) is 19.0 Å². The number of hydrogen-bond acceptors (Lipinski definition) is 12. The number of rotatable bonds is 17. The monoisotopic (exact) mass is 528 g/mol. The Morgan fingerprint density at radius 3 is 2.53 bits per heavy atom. The predicted octanol–water partition coefficient (Wildman–Crippen LogP) is 1.70. The van der Waals surface area contributed by atoms with Crippen LogP contribution in [0.2, 0.25) is 0 Å². The first kappa shape index (κ1) is 29.8. The van der Waals surface area contributed by atoms with Crippen molar-refractivity contribution in [3.05, 3.63) is 28.3 Å². The van der Waals surface area contributed by atoms with Gasteiger partial charge >= 0.3 is 5.63 Å². The Morgan fingerprint density at radius 1 is 1.22 bits per heavy atom. The van der Waals surface area contributed by atoms with E-state index in [9.17, 15) is 9.59 Å². The molecule has 0 aromatic carbocycles. The summed E-state index contributed by atoms with van der Waals surface area (Å²) in [5.74, 6) is 0.217. The summed E-state index contributed by atoms with van der Waals surface area (Å²) in [6.45, 7) is 8.55. The minimum Gasteiger partial charge on any atom is -0.491 e. The molecule has 0 fully saturated rings. The van der Waals surface area contributed by atoms with E-state index in [0.29, 0.717) is 63.3 Å². The highest BCUT2D eigenvalue weighted by atomic mass is 32.2. The van der Waals surface area contributed by atoms with E-state index in [0.717, 1.165) is 0 Å². The molecule has 36 heavy (non-hydrogen) atoms. The van der Waals surface area contributed by atoms with E-state index in [1.165, 1.54) is 17.8 Å².